The van der Waals surface area contributed by atoms with Crippen LogP contribution in [0.4, 0.5) is 0 Å². The number of fused-ring (bicyclic) bond motifs is 1. The predicted molar refractivity (Wildman–Crippen MR) is 180 cm³/mol. The molecule has 0 bridgehead atoms. The van der Waals surface area contributed by atoms with Crippen molar-refractivity contribution in [3.63, 3.8) is 0 Å². The Balaban J connectivity index is 1.15. The zero-order valence-corrected chi connectivity index (χ0v) is 23.7. The van der Waals surface area contributed by atoms with Crippen molar-refractivity contribution in [1.29, 1.82) is 0 Å². The Bertz CT molecular complexity index is 2430. The molecule has 7 aromatic carbocycles. The van der Waals surface area contributed by atoms with Gasteiger partial charge in [0.2, 0.25) is 0 Å². The van der Waals surface area contributed by atoms with Crippen molar-refractivity contribution in [2.45, 2.75) is 0 Å². The maximum absolute atomic E-state index is 4.99. The van der Waals surface area contributed by atoms with Crippen LogP contribution < -0.4 is 0 Å². The fourth-order valence-electron chi connectivity index (χ4n) is 6.80. The van der Waals surface area contributed by atoms with E-state index in [1.807, 2.05) is 6.07 Å². The molecule has 0 fully saturated rings. The molecule has 3 heteroatoms. The third-order valence-electron chi connectivity index (χ3n) is 8.88. The Morgan fingerprint density at radius 3 is 1.91 bits per heavy atom. The van der Waals surface area contributed by atoms with Gasteiger partial charge in [0.15, 0.2) is 0 Å². The monoisotopic (exact) mass is 549 g/mol. The number of hydrogen-bond acceptors (Lipinski definition) is 1. The van der Waals surface area contributed by atoms with E-state index in [1.54, 1.807) is 0 Å². The summed E-state index contributed by atoms with van der Waals surface area (Å²) in [6.45, 7) is 0. The van der Waals surface area contributed by atoms with E-state index in [9.17, 15) is 0 Å². The lowest BCUT2D eigenvalue weighted by atomic mass is 9.96. The van der Waals surface area contributed by atoms with Crippen molar-refractivity contribution in [3.05, 3.63) is 146 Å². The molecular formula is C40H27N3. The van der Waals surface area contributed by atoms with Crippen LogP contribution in [0.15, 0.2) is 146 Å². The molecule has 0 aliphatic heterocycles. The minimum Gasteiger partial charge on any atom is -0.327 e. The van der Waals surface area contributed by atoms with E-state index < -0.39 is 0 Å². The molecule has 0 N–H and O–H groups in total. The van der Waals surface area contributed by atoms with Crippen LogP contribution in [0, 0.1) is 0 Å². The summed E-state index contributed by atoms with van der Waals surface area (Å²) in [6.07, 6.45) is 0. The standard InChI is InChI=1S/C40H27N3/c1-42-35-22-21-30(24-34(35)41-40(42)29-9-4-2-5-10-29)26-15-17-27(18-16-26)32-23-31-20-19-28-11-8-14-36-38(28)39(31)37(25-32)43(36)33-12-6-3-7-13-33/h2-25H,1H3. The zero-order chi connectivity index (χ0) is 28.5. The number of para-hydroxylation sites is 1. The largest absolute Gasteiger partial charge is 0.327 e. The lowest BCUT2D eigenvalue weighted by Gasteiger charge is -2.10. The van der Waals surface area contributed by atoms with Crippen molar-refractivity contribution >= 4 is 43.6 Å². The van der Waals surface area contributed by atoms with E-state index in [-0.39, 0.29) is 0 Å². The molecule has 0 atom stereocenters. The Kier molecular flexibility index (Phi) is 5.11. The minimum atomic E-state index is 0.983. The number of aromatic nitrogens is 3. The predicted octanol–water partition coefficient (Wildman–Crippen LogP) is 10.3. The molecule has 0 aliphatic rings. The minimum absolute atomic E-state index is 0.983. The number of benzene rings is 7. The van der Waals surface area contributed by atoms with Gasteiger partial charge in [0.1, 0.15) is 5.82 Å². The summed E-state index contributed by atoms with van der Waals surface area (Å²) in [5.41, 5.74) is 11.7. The summed E-state index contributed by atoms with van der Waals surface area (Å²) < 4.78 is 4.58. The average molecular weight is 550 g/mol. The fourth-order valence-corrected chi connectivity index (χ4v) is 6.80. The molecule has 0 aliphatic carbocycles. The highest BCUT2D eigenvalue weighted by molar-refractivity contribution is 6.25. The fraction of sp³-hybridized carbons (Fsp3) is 0.0250. The second kappa shape index (κ2) is 9.17. The van der Waals surface area contributed by atoms with Gasteiger partial charge in [-0.15, -0.1) is 0 Å². The second-order valence-corrected chi connectivity index (χ2v) is 11.3. The number of imidazole rings is 1. The van der Waals surface area contributed by atoms with Gasteiger partial charge >= 0.3 is 0 Å². The maximum atomic E-state index is 4.99. The highest BCUT2D eigenvalue weighted by Crippen LogP contribution is 2.41. The molecule has 2 heterocycles. The number of hydrogen-bond donors (Lipinski definition) is 0. The summed E-state index contributed by atoms with van der Waals surface area (Å²) >= 11 is 0. The highest BCUT2D eigenvalue weighted by Gasteiger charge is 2.18. The van der Waals surface area contributed by atoms with E-state index in [0.717, 1.165) is 22.4 Å². The number of aryl methyl sites for hydroxylation is 1. The molecule has 0 spiro atoms. The third kappa shape index (κ3) is 3.65. The van der Waals surface area contributed by atoms with Gasteiger partial charge in [0.25, 0.3) is 0 Å². The lowest BCUT2D eigenvalue weighted by molar-refractivity contribution is 0.959. The number of nitrogens with zero attached hydrogens (tertiary/aromatic N) is 3. The van der Waals surface area contributed by atoms with Crippen LogP contribution in [-0.2, 0) is 7.05 Å². The zero-order valence-electron chi connectivity index (χ0n) is 23.7. The third-order valence-corrected chi connectivity index (χ3v) is 8.88. The van der Waals surface area contributed by atoms with Crippen LogP contribution in [-0.4, -0.2) is 14.1 Å². The van der Waals surface area contributed by atoms with Crippen LogP contribution in [0.2, 0.25) is 0 Å². The lowest BCUT2D eigenvalue weighted by Crippen LogP contribution is -1.93. The molecule has 0 unspecified atom stereocenters. The van der Waals surface area contributed by atoms with Gasteiger partial charge in [-0.3, -0.25) is 0 Å². The Labute approximate surface area is 249 Å². The van der Waals surface area contributed by atoms with Gasteiger partial charge in [-0.1, -0.05) is 103 Å². The first-order valence-corrected chi connectivity index (χ1v) is 14.7. The van der Waals surface area contributed by atoms with Crippen LogP contribution >= 0.6 is 0 Å². The van der Waals surface area contributed by atoms with E-state index in [1.165, 1.54) is 60.5 Å². The van der Waals surface area contributed by atoms with Crippen LogP contribution in [0.25, 0.3) is 82.9 Å². The normalized spacial score (nSPS) is 11.8. The molecule has 0 saturated heterocycles. The molecular weight excluding hydrogens is 522 g/mol. The van der Waals surface area contributed by atoms with Crippen LogP contribution in [0.1, 0.15) is 0 Å². The van der Waals surface area contributed by atoms with Gasteiger partial charge < -0.3 is 9.13 Å². The van der Waals surface area contributed by atoms with E-state index >= 15 is 0 Å². The van der Waals surface area contributed by atoms with Gasteiger partial charge in [-0.05, 0) is 75.5 Å². The summed E-state index contributed by atoms with van der Waals surface area (Å²) in [5.74, 6) is 0.983. The van der Waals surface area contributed by atoms with Crippen molar-refractivity contribution < 1.29 is 0 Å². The average Bonchev–Trinajstić information content (AvgIpc) is 3.59. The molecule has 0 saturated carbocycles. The van der Waals surface area contributed by atoms with E-state index in [2.05, 4.69) is 156 Å². The quantitative estimate of drug-likeness (QED) is 0.200. The van der Waals surface area contributed by atoms with Crippen molar-refractivity contribution in [2.75, 3.05) is 0 Å². The maximum Gasteiger partial charge on any atom is 0.140 e. The summed E-state index contributed by atoms with van der Waals surface area (Å²) in [7, 11) is 2.09. The Hall–Kier alpha value is -5.67. The van der Waals surface area contributed by atoms with Gasteiger partial charge in [0.05, 0.1) is 22.1 Å². The van der Waals surface area contributed by atoms with Crippen molar-refractivity contribution in [1.82, 2.24) is 14.1 Å². The van der Waals surface area contributed by atoms with Crippen molar-refractivity contribution in [2.24, 2.45) is 7.05 Å². The molecule has 202 valence electrons. The first kappa shape index (κ1) is 24.0. The molecule has 2 aromatic heterocycles. The van der Waals surface area contributed by atoms with Gasteiger partial charge in [-0.2, -0.15) is 0 Å². The van der Waals surface area contributed by atoms with Gasteiger partial charge in [-0.25, -0.2) is 4.98 Å². The molecule has 43 heavy (non-hydrogen) atoms. The summed E-state index contributed by atoms with van der Waals surface area (Å²) in [6, 6.07) is 52.4. The molecule has 9 rings (SSSR count). The molecule has 9 aromatic rings. The number of rotatable bonds is 4. The second-order valence-electron chi connectivity index (χ2n) is 11.3. The topological polar surface area (TPSA) is 22.8 Å². The summed E-state index contributed by atoms with van der Waals surface area (Å²) in [5, 5.41) is 5.21. The first-order chi connectivity index (χ1) is 21.2. The van der Waals surface area contributed by atoms with Crippen molar-refractivity contribution in [3.8, 4) is 39.3 Å². The molecule has 0 radical (unpaired) electrons. The smallest absolute Gasteiger partial charge is 0.140 e. The first-order valence-electron chi connectivity index (χ1n) is 14.7. The van der Waals surface area contributed by atoms with E-state index in [0.29, 0.717) is 0 Å². The molecule has 3 nitrogen and oxygen atoms in total. The Morgan fingerprint density at radius 1 is 0.442 bits per heavy atom. The Morgan fingerprint density at radius 2 is 1.12 bits per heavy atom. The summed E-state index contributed by atoms with van der Waals surface area (Å²) in [4.78, 5) is 4.99. The van der Waals surface area contributed by atoms with E-state index in [4.69, 9.17) is 4.98 Å². The van der Waals surface area contributed by atoms with Crippen LogP contribution in [0.5, 0.6) is 0 Å². The highest BCUT2D eigenvalue weighted by atomic mass is 15.1. The van der Waals surface area contributed by atoms with Gasteiger partial charge in [0, 0.05) is 29.1 Å². The SMILES string of the molecule is Cn1c(-c2ccccc2)nc2cc(-c3ccc(-c4cc5ccc6cccc7c6c5c(c4)n7-c4ccccc4)cc3)ccc21. The van der Waals surface area contributed by atoms with Crippen LogP contribution in [0.3, 0.4) is 0 Å². The molecule has 0 amide bonds.